The molecule has 0 spiro atoms. The van der Waals surface area contributed by atoms with Gasteiger partial charge in [-0.05, 0) is 13.0 Å². The summed E-state index contributed by atoms with van der Waals surface area (Å²) in [6.45, 7) is 4.86. The highest BCUT2D eigenvalue weighted by Crippen LogP contribution is 2.40. The molecule has 2 atom stereocenters. The number of hydrogen-bond donors (Lipinski definition) is 3. The summed E-state index contributed by atoms with van der Waals surface area (Å²) in [4.78, 5) is 13.9. The number of likely N-dealkylation sites (N-methyl/N-ethyl adjacent to an activating group) is 1. The lowest BCUT2D eigenvalue weighted by atomic mass is 10.1. The number of carbonyl (C=O) groups is 1. The molecule has 0 aliphatic carbocycles. The van der Waals surface area contributed by atoms with Gasteiger partial charge in [-0.2, -0.15) is 0 Å². The molecule has 1 aliphatic rings. The first-order valence-corrected chi connectivity index (χ1v) is 8.12. The average molecular weight is 348 g/mol. The Hall–Kier alpha value is -1.17. The predicted octanol–water partition coefficient (Wildman–Crippen LogP) is 1.50. The summed E-state index contributed by atoms with van der Waals surface area (Å²) in [6, 6.07) is 1.75. The van der Waals surface area contributed by atoms with Crippen LogP contribution < -0.4 is 15.0 Å². The molecule has 5 nitrogen and oxygen atoms in total. The number of phenols is 1. The highest BCUT2D eigenvalue weighted by molar-refractivity contribution is 6.37. The number of nitrogens with one attached hydrogen (secondary N) is 2. The Labute approximate surface area is 140 Å². The third-order valence-corrected chi connectivity index (χ3v) is 4.75. The molecule has 22 heavy (non-hydrogen) atoms. The Balaban J connectivity index is 2.16. The third-order valence-electron chi connectivity index (χ3n) is 4.18. The molecule has 3 N–H and O–H groups in total. The Morgan fingerprint density at radius 3 is 2.86 bits per heavy atom. The maximum Gasteiger partial charge on any atom is 0.259 e. The normalized spacial score (nSPS) is 20.9. The maximum absolute atomic E-state index is 12.4. The molecule has 7 heteroatoms. The smallest absolute Gasteiger partial charge is 0.259 e. The minimum atomic E-state index is -0.430. The second kappa shape index (κ2) is 7.40. The van der Waals surface area contributed by atoms with E-state index in [0.29, 0.717) is 12.6 Å². The molecule has 1 unspecified atom stereocenters. The van der Waals surface area contributed by atoms with Gasteiger partial charge in [0.1, 0.15) is 11.6 Å². The van der Waals surface area contributed by atoms with Gasteiger partial charge in [-0.3, -0.25) is 4.79 Å². The van der Waals surface area contributed by atoms with Crippen LogP contribution in [0.25, 0.3) is 0 Å². The Bertz CT molecular complexity index is 566. The summed E-state index contributed by atoms with van der Waals surface area (Å²) in [5.41, 5.74) is -0.0176. The number of carbonyl (C=O) groups excluding carboxylic acids is 1. The SMILES string of the molecule is CC[NH+]1CCC[C@@H]1CNC(=O)c1c(O)c(Cl)cc(Cl)c1OC. The van der Waals surface area contributed by atoms with Gasteiger partial charge in [0.25, 0.3) is 5.91 Å². The molecule has 0 aromatic heterocycles. The van der Waals surface area contributed by atoms with Crippen molar-refractivity contribution in [2.75, 3.05) is 26.7 Å². The molecule has 122 valence electrons. The first-order valence-electron chi connectivity index (χ1n) is 7.37. The van der Waals surface area contributed by atoms with Gasteiger partial charge in [0, 0.05) is 12.8 Å². The second-order valence-electron chi connectivity index (χ2n) is 5.41. The highest BCUT2D eigenvalue weighted by Gasteiger charge is 2.29. The molecule has 1 aromatic carbocycles. The summed E-state index contributed by atoms with van der Waals surface area (Å²) in [7, 11) is 1.39. The largest absolute Gasteiger partial charge is 0.505 e. The Morgan fingerprint density at radius 2 is 2.23 bits per heavy atom. The molecule has 1 aromatic rings. The molecule has 2 rings (SSSR count). The van der Waals surface area contributed by atoms with Crippen molar-refractivity contribution in [1.82, 2.24) is 5.32 Å². The number of aromatic hydroxyl groups is 1. The van der Waals surface area contributed by atoms with Crippen LogP contribution in [0.4, 0.5) is 0 Å². The van der Waals surface area contributed by atoms with Crippen molar-refractivity contribution in [1.29, 1.82) is 0 Å². The summed E-state index contributed by atoms with van der Waals surface area (Å²) in [6.07, 6.45) is 2.25. The number of benzene rings is 1. The molecule has 1 heterocycles. The number of amides is 1. The van der Waals surface area contributed by atoms with E-state index in [1.165, 1.54) is 24.5 Å². The molecular weight excluding hydrogens is 327 g/mol. The van der Waals surface area contributed by atoms with E-state index in [4.69, 9.17) is 27.9 Å². The standard InChI is InChI=1S/C15H20Cl2N2O3/c1-3-19-6-4-5-9(19)8-18-15(21)12-13(20)10(16)7-11(17)14(12)22-2/h7,9,20H,3-6,8H2,1-2H3,(H,18,21)/p+1/t9-/m1/s1. The lowest BCUT2D eigenvalue weighted by Crippen LogP contribution is -3.14. The van der Waals surface area contributed by atoms with E-state index in [-0.39, 0.29) is 27.1 Å². The van der Waals surface area contributed by atoms with Crippen molar-refractivity contribution in [3.05, 3.63) is 21.7 Å². The lowest BCUT2D eigenvalue weighted by Gasteiger charge is -2.20. The Morgan fingerprint density at radius 1 is 1.50 bits per heavy atom. The van der Waals surface area contributed by atoms with E-state index in [9.17, 15) is 9.90 Å². The van der Waals surface area contributed by atoms with E-state index in [1.54, 1.807) is 0 Å². The van der Waals surface area contributed by atoms with Gasteiger partial charge in [0.15, 0.2) is 11.5 Å². The van der Waals surface area contributed by atoms with Crippen molar-refractivity contribution < 1.29 is 19.5 Å². The van der Waals surface area contributed by atoms with Crippen molar-refractivity contribution >= 4 is 29.1 Å². The average Bonchev–Trinajstić information content (AvgIpc) is 2.95. The maximum atomic E-state index is 12.4. The topological polar surface area (TPSA) is 63.0 Å². The highest BCUT2D eigenvalue weighted by atomic mass is 35.5. The fraction of sp³-hybridized carbons (Fsp3) is 0.533. The minimum absolute atomic E-state index is 0.0176. The number of hydrogen-bond acceptors (Lipinski definition) is 3. The number of halogens is 2. The number of rotatable bonds is 5. The zero-order valence-corrected chi connectivity index (χ0v) is 14.2. The van der Waals surface area contributed by atoms with Crippen LogP contribution in [0.5, 0.6) is 11.5 Å². The van der Waals surface area contributed by atoms with Crippen LogP contribution in [0.1, 0.15) is 30.1 Å². The Kier molecular flexibility index (Phi) is 5.78. The molecule has 1 fully saturated rings. The lowest BCUT2D eigenvalue weighted by molar-refractivity contribution is -0.909. The number of quaternary nitrogens is 1. The van der Waals surface area contributed by atoms with Crippen LogP contribution in [0, 0.1) is 0 Å². The van der Waals surface area contributed by atoms with E-state index in [1.807, 2.05) is 0 Å². The molecule has 0 bridgehead atoms. The minimum Gasteiger partial charge on any atom is -0.505 e. The van der Waals surface area contributed by atoms with Gasteiger partial charge in [0.2, 0.25) is 0 Å². The van der Waals surface area contributed by atoms with Crippen LogP contribution >= 0.6 is 23.2 Å². The van der Waals surface area contributed by atoms with Crippen molar-refractivity contribution in [3.63, 3.8) is 0 Å². The number of ether oxygens (including phenoxy) is 1. The van der Waals surface area contributed by atoms with Gasteiger partial charge >= 0.3 is 0 Å². The van der Waals surface area contributed by atoms with Crippen LogP contribution in [0.3, 0.4) is 0 Å². The quantitative estimate of drug-likeness (QED) is 0.756. The summed E-state index contributed by atoms with van der Waals surface area (Å²) in [5, 5.41) is 13.1. The van der Waals surface area contributed by atoms with Gasteiger partial charge in [-0.25, -0.2) is 0 Å². The molecule has 0 saturated carbocycles. The third kappa shape index (κ3) is 3.42. The summed E-state index contributed by atoms with van der Waals surface area (Å²) in [5.74, 6) is -0.611. The second-order valence-corrected chi connectivity index (χ2v) is 6.22. The van der Waals surface area contributed by atoms with E-state index >= 15 is 0 Å². The monoisotopic (exact) mass is 347 g/mol. The zero-order chi connectivity index (χ0) is 16.3. The van der Waals surface area contributed by atoms with Crippen molar-refractivity contribution in [2.45, 2.75) is 25.8 Å². The number of phenolic OH excluding ortho intramolecular Hbond substituents is 1. The summed E-state index contributed by atoms with van der Waals surface area (Å²) >= 11 is 11.9. The van der Waals surface area contributed by atoms with E-state index < -0.39 is 5.91 Å². The van der Waals surface area contributed by atoms with Gasteiger partial charge < -0.3 is 20.1 Å². The molecule has 1 amide bonds. The fourth-order valence-corrected chi connectivity index (χ4v) is 3.54. The van der Waals surface area contributed by atoms with Crippen molar-refractivity contribution in [3.8, 4) is 11.5 Å². The van der Waals surface area contributed by atoms with Gasteiger partial charge in [-0.1, -0.05) is 23.2 Å². The zero-order valence-electron chi connectivity index (χ0n) is 12.7. The molecule has 0 radical (unpaired) electrons. The first-order chi connectivity index (χ1) is 10.5. The molecule has 1 saturated heterocycles. The van der Waals surface area contributed by atoms with E-state index in [0.717, 1.165) is 19.5 Å². The number of likely N-dealkylation sites (tertiary alicyclic amines) is 1. The predicted molar refractivity (Wildman–Crippen MR) is 86.4 cm³/mol. The van der Waals surface area contributed by atoms with Crippen LogP contribution in [0.2, 0.25) is 10.0 Å². The first kappa shape index (κ1) is 17.2. The van der Waals surface area contributed by atoms with Gasteiger partial charge in [0.05, 0.1) is 36.8 Å². The molecular formula is C15H21Cl2N2O3+. The summed E-state index contributed by atoms with van der Waals surface area (Å²) < 4.78 is 5.13. The number of methoxy groups -OCH3 is 1. The van der Waals surface area contributed by atoms with Crippen LogP contribution in [0.15, 0.2) is 6.07 Å². The van der Waals surface area contributed by atoms with Crippen molar-refractivity contribution in [2.24, 2.45) is 0 Å². The fourth-order valence-electron chi connectivity index (χ4n) is 3.00. The van der Waals surface area contributed by atoms with Crippen LogP contribution in [-0.4, -0.2) is 43.8 Å². The van der Waals surface area contributed by atoms with Gasteiger partial charge in [-0.15, -0.1) is 0 Å². The molecule has 1 aliphatic heterocycles. The van der Waals surface area contributed by atoms with E-state index in [2.05, 4.69) is 12.2 Å². The van der Waals surface area contributed by atoms with Crippen LogP contribution in [-0.2, 0) is 0 Å².